The van der Waals surface area contributed by atoms with Crippen molar-refractivity contribution in [2.75, 3.05) is 17.2 Å². The Balaban J connectivity index is 2.23. The molecular weight excluding hydrogens is 299 g/mol. The van der Waals surface area contributed by atoms with Crippen molar-refractivity contribution in [2.45, 2.75) is 13.1 Å². The first-order valence-corrected chi connectivity index (χ1v) is 6.13. The van der Waals surface area contributed by atoms with Gasteiger partial charge in [0, 0.05) is 7.05 Å². The van der Waals surface area contributed by atoms with Crippen LogP contribution in [0.5, 0.6) is 0 Å². The lowest BCUT2D eigenvalue weighted by atomic mass is 10.3. The van der Waals surface area contributed by atoms with Gasteiger partial charge >= 0.3 is 6.18 Å². The Hall–Kier alpha value is -2.83. The number of hydrogen-bond acceptors (Lipinski definition) is 6. The summed E-state index contributed by atoms with van der Waals surface area (Å²) in [5.74, 6) is -0.112. The number of rotatable bonds is 4. The van der Waals surface area contributed by atoms with Crippen LogP contribution in [0.15, 0.2) is 12.4 Å². The molecule has 0 amide bonds. The van der Waals surface area contributed by atoms with Gasteiger partial charge in [0.1, 0.15) is 24.0 Å². The van der Waals surface area contributed by atoms with Crippen LogP contribution in [-0.4, -0.2) is 32.5 Å². The van der Waals surface area contributed by atoms with Crippen LogP contribution in [0.4, 0.5) is 30.6 Å². The first-order valence-electron chi connectivity index (χ1n) is 6.13. The van der Waals surface area contributed by atoms with Crippen molar-refractivity contribution in [3.05, 3.63) is 23.7 Å². The molecule has 116 valence electrons. The van der Waals surface area contributed by atoms with E-state index in [1.165, 1.54) is 0 Å². The van der Waals surface area contributed by atoms with E-state index in [-0.39, 0.29) is 17.3 Å². The summed E-state index contributed by atoms with van der Waals surface area (Å²) in [4.78, 5) is 7.80. The fourth-order valence-corrected chi connectivity index (χ4v) is 1.58. The molecule has 2 aromatic heterocycles. The summed E-state index contributed by atoms with van der Waals surface area (Å²) in [5.41, 5.74) is 1.35. The summed E-state index contributed by atoms with van der Waals surface area (Å²) in [6.45, 7) is 0.520. The number of aryl methyl sites for hydroxylation is 1. The molecule has 0 radical (unpaired) electrons. The van der Waals surface area contributed by atoms with Crippen LogP contribution >= 0.6 is 0 Å². The van der Waals surface area contributed by atoms with Crippen molar-refractivity contribution in [2.24, 2.45) is 7.05 Å². The SMILES string of the molecule is Cc1c(Nc2ncc(C#N)c(NCC(F)(F)F)n2)cnn1C. The van der Waals surface area contributed by atoms with Crippen molar-refractivity contribution in [1.29, 1.82) is 5.26 Å². The number of anilines is 3. The molecule has 2 aromatic rings. The maximum absolute atomic E-state index is 12.3. The van der Waals surface area contributed by atoms with Crippen LogP contribution in [0, 0.1) is 18.3 Å². The Morgan fingerprint density at radius 1 is 1.36 bits per heavy atom. The second-order valence-corrected chi connectivity index (χ2v) is 4.43. The van der Waals surface area contributed by atoms with E-state index in [4.69, 9.17) is 5.26 Å². The first-order chi connectivity index (χ1) is 10.3. The average Bonchev–Trinajstić information content (AvgIpc) is 2.76. The summed E-state index contributed by atoms with van der Waals surface area (Å²) >= 11 is 0. The quantitative estimate of drug-likeness (QED) is 0.898. The van der Waals surface area contributed by atoms with Gasteiger partial charge in [-0.1, -0.05) is 0 Å². The summed E-state index contributed by atoms with van der Waals surface area (Å²) in [6.07, 6.45) is -1.72. The van der Waals surface area contributed by atoms with Crippen LogP contribution in [0.25, 0.3) is 0 Å². The van der Waals surface area contributed by atoms with Gasteiger partial charge in [0.2, 0.25) is 5.95 Å². The van der Waals surface area contributed by atoms with Crippen molar-refractivity contribution in [1.82, 2.24) is 19.7 Å². The maximum Gasteiger partial charge on any atom is 0.405 e. The maximum atomic E-state index is 12.3. The fourth-order valence-electron chi connectivity index (χ4n) is 1.58. The normalized spacial score (nSPS) is 11.1. The molecule has 10 heteroatoms. The molecule has 22 heavy (non-hydrogen) atoms. The first kappa shape index (κ1) is 15.6. The Bertz CT molecular complexity index is 714. The van der Waals surface area contributed by atoms with Crippen molar-refractivity contribution in [3.8, 4) is 6.07 Å². The topological polar surface area (TPSA) is 91.4 Å². The second-order valence-electron chi connectivity index (χ2n) is 4.43. The molecule has 2 N–H and O–H groups in total. The van der Waals surface area contributed by atoms with Crippen molar-refractivity contribution < 1.29 is 13.2 Å². The lowest BCUT2D eigenvalue weighted by Gasteiger charge is -2.11. The van der Waals surface area contributed by atoms with Gasteiger partial charge in [-0.05, 0) is 6.92 Å². The van der Waals surface area contributed by atoms with E-state index in [2.05, 4.69) is 25.7 Å². The fraction of sp³-hybridized carbons (Fsp3) is 0.333. The molecule has 0 atom stereocenters. The van der Waals surface area contributed by atoms with Crippen LogP contribution in [-0.2, 0) is 7.05 Å². The molecule has 0 saturated heterocycles. The highest BCUT2D eigenvalue weighted by molar-refractivity contribution is 5.59. The molecular formula is C12H12F3N7. The van der Waals surface area contributed by atoms with Gasteiger partial charge < -0.3 is 10.6 Å². The third-order valence-corrected chi connectivity index (χ3v) is 2.85. The minimum Gasteiger partial charge on any atom is -0.360 e. The monoisotopic (exact) mass is 311 g/mol. The highest BCUT2D eigenvalue weighted by Crippen LogP contribution is 2.21. The lowest BCUT2D eigenvalue weighted by molar-refractivity contribution is -0.115. The summed E-state index contributed by atoms with van der Waals surface area (Å²) in [7, 11) is 1.75. The summed E-state index contributed by atoms with van der Waals surface area (Å²) in [6, 6.07) is 1.74. The van der Waals surface area contributed by atoms with E-state index in [1.54, 1.807) is 24.0 Å². The lowest BCUT2D eigenvalue weighted by Crippen LogP contribution is -2.22. The summed E-state index contributed by atoms with van der Waals surface area (Å²) in [5, 5.41) is 17.8. The Kier molecular flexibility index (Phi) is 4.16. The Morgan fingerprint density at radius 2 is 2.09 bits per heavy atom. The number of nitriles is 1. The van der Waals surface area contributed by atoms with Gasteiger partial charge in [0.05, 0.1) is 23.8 Å². The van der Waals surface area contributed by atoms with Gasteiger partial charge in [-0.3, -0.25) is 4.68 Å². The van der Waals surface area contributed by atoms with Crippen LogP contribution in [0.3, 0.4) is 0 Å². The van der Waals surface area contributed by atoms with Crippen molar-refractivity contribution >= 4 is 17.5 Å². The van der Waals surface area contributed by atoms with Crippen LogP contribution in [0.2, 0.25) is 0 Å². The number of nitrogens with zero attached hydrogens (tertiary/aromatic N) is 5. The zero-order valence-corrected chi connectivity index (χ0v) is 11.7. The van der Waals surface area contributed by atoms with E-state index in [0.717, 1.165) is 11.9 Å². The third-order valence-electron chi connectivity index (χ3n) is 2.85. The standard InChI is InChI=1S/C12H12F3N7/c1-7-9(5-19-22(7)2)20-11-17-4-8(3-16)10(21-11)18-6-12(13,14)15/h4-5H,6H2,1-2H3,(H2,17,18,20,21). The predicted octanol–water partition coefficient (Wildman–Crippen LogP) is 2.11. The molecule has 0 saturated carbocycles. The number of aromatic nitrogens is 4. The van der Waals surface area contributed by atoms with E-state index in [0.29, 0.717) is 5.69 Å². The molecule has 0 bridgehead atoms. The van der Waals surface area contributed by atoms with Crippen LogP contribution < -0.4 is 10.6 Å². The van der Waals surface area contributed by atoms with Crippen molar-refractivity contribution in [3.63, 3.8) is 0 Å². The summed E-state index contributed by atoms with van der Waals surface area (Å²) < 4.78 is 38.4. The number of halogens is 3. The molecule has 0 aliphatic rings. The van der Waals surface area contributed by atoms with E-state index < -0.39 is 12.7 Å². The zero-order chi connectivity index (χ0) is 16.3. The third kappa shape index (κ3) is 3.63. The molecule has 0 spiro atoms. The molecule has 7 nitrogen and oxygen atoms in total. The molecule has 0 fully saturated rings. The van der Waals surface area contributed by atoms with Gasteiger partial charge in [-0.25, -0.2) is 4.98 Å². The van der Waals surface area contributed by atoms with E-state index >= 15 is 0 Å². The highest BCUT2D eigenvalue weighted by Gasteiger charge is 2.27. The van der Waals surface area contributed by atoms with Gasteiger partial charge in [0.25, 0.3) is 0 Å². The zero-order valence-electron chi connectivity index (χ0n) is 11.7. The molecule has 0 unspecified atom stereocenters. The number of nitrogens with one attached hydrogen (secondary N) is 2. The Labute approximate surface area is 123 Å². The number of alkyl halides is 3. The predicted molar refractivity (Wildman–Crippen MR) is 72.5 cm³/mol. The minimum atomic E-state index is -4.41. The molecule has 2 rings (SSSR count). The largest absolute Gasteiger partial charge is 0.405 e. The van der Waals surface area contributed by atoms with E-state index in [9.17, 15) is 13.2 Å². The Morgan fingerprint density at radius 3 is 2.64 bits per heavy atom. The highest BCUT2D eigenvalue weighted by atomic mass is 19.4. The molecule has 0 aliphatic heterocycles. The minimum absolute atomic E-state index is 0.0692. The number of hydrogen-bond donors (Lipinski definition) is 2. The van der Waals surface area contributed by atoms with Gasteiger partial charge in [0.15, 0.2) is 0 Å². The van der Waals surface area contributed by atoms with E-state index in [1.807, 2.05) is 6.92 Å². The molecule has 0 aromatic carbocycles. The molecule has 2 heterocycles. The van der Waals surface area contributed by atoms with Gasteiger partial charge in [-0.15, -0.1) is 0 Å². The van der Waals surface area contributed by atoms with Gasteiger partial charge in [-0.2, -0.15) is 28.5 Å². The molecule has 0 aliphatic carbocycles. The average molecular weight is 311 g/mol. The smallest absolute Gasteiger partial charge is 0.360 e. The second kappa shape index (κ2) is 5.88. The van der Waals surface area contributed by atoms with Crippen LogP contribution in [0.1, 0.15) is 11.3 Å².